The molecule has 2 N–H and O–H groups in total. The third kappa shape index (κ3) is 10.5. The number of rotatable bonds is 7. The van der Waals surface area contributed by atoms with Crippen LogP contribution in [0.5, 0.6) is 0 Å². The third-order valence-corrected chi connectivity index (χ3v) is 5.51. The van der Waals surface area contributed by atoms with Crippen molar-refractivity contribution >= 4 is 43.1 Å². The molecule has 0 spiro atoms. The maximum absolute atomic E-state index is 12.2. The molecule has 2 saturated heterocycles. The number of carbonyl (C=O) groups is 1. The van der Waals surface area contributed by atoms with E-state index in [-0.39, 0.29) is 43.1 Å². The van der Waals surface area contributed by atoms with Crippen LogP contribution in [0.1, 0.15) is 33.1 Å². The van der Waals surface area contributed by atoms with Crippen molar-refractivity contribution in [3.8, 4) is 0 Å². The van der Waals surface area contributed by atoms with Crippen LogP contribution in [0.3, 0.4) is 0 Å². The van der Waals surface area contributed by atoms with E-state index in [1.807, 2.05) is 0 Å². The SMILES string of the molecule is CC(CNC(=O)CC(C)C1CCNCC1)CN1CCN(C)CC1.Cl.Cl.Cl. The summed E-state index contributed by atoms with van der Waals surface area (Å²) in [5.41, 5.74) is 0. The van der Waals surface area contributed by atoms with Gasteiger partial charge < -0.3 is 20.4 Å². The Morgan fingerprint density at radius 3 is 2.23 bits per heavy atom. The first kappa shape index (κ1) is 28.4. The van der Waals surface area contributed by atoms with Crippen LogP contribution in [-0.4, -0.2) is 75.1 Å². The van der Waals surface area contributed by atoms with Crippen molar-refractivity contribution in [3.05, 3.63) is 0 Å². The minimum absolute atomic E-state index is 0. The number of hydrogen-bond donors (Lipinski definition) is 2. The van der Waals surface area contributed by atoms with Gasteiger partial charge in [0.15, 0.2) is 0 Å². The Bertz CT molecular complexity index is 362. The summed E-state index contributed by atoms with van der Waals surface area (Å²) in [6, 6.07) is 0. The van der Waals surface area contributed by atoms with E-state index in [1.165, 1.54) is 12.8 Å². The monoisotopic (exact) mass is 432 g/mol. The van der Waals surface area contributed by atoms with Crippen molar-refractivity contribution in [1.82, 2.24) is 20.4 Å². The number of piperidine rings is 1. The summed E-state index contributed by atoms with van der Waals surface area (Å²) in [5, 5.41) is 6.56. The first-order valence-electron chi connectivity index (χ1n) is 9.43. The molecule has 0 aromatic heterocycles. The quantitative estimate of drug-likeness (QED) is 0.646. The average molecular weight is 434 g/mol. The topological polar surface area (TPSA) is 47.6 Å². The number of piperazine rings is 1. The van der Waals surface area contributed by atoms with Crippen molar-refractivity contribution in [2.24, 2.45) is 17.8 Å². The lowest BCUT2D eigenvalue weighted by atomic mass is 9.84. The highest BCUT2D eigenvalue weighted by Gasteiger charge is 2.22. The van der Waals surface area contributed by atoms with Gasteiger partial charge in [0.2, 0.25) is 5.91 Å². The van der Waals surface area contributed by atoms with Crippen molar-refractivity contribution < 1.29 is 4.79 Å². The summed E-state index contributed by atoms with van der Waals surface area (Å²) in [6.45, 7) is 13.2. The van der Waals surface area contributed by atoms with E-state index in [4.69, 9.17) is 0 Å². The third-order valence-electron chi connectivity index (χ3n) is 5.51. The Morgan fingerprint density at radius 1 is 1.08 bits per heavy atom. The average Bonchev–Trinajstić information content (AvgIpc) is 2.56. The highest BCUT2D eigenvalue weighted by Crippen LogP contribution is 2.24. The van der Waals surface area contributed by atoms with Gasteiger partial charge in [-0.05, 0) is 50.7 Å². The maximum atomic E-state index is 12.2. The zero-order valence-corrected chi connectivity index (χ0v) is 19.0. The van der Waals surface area contributed by atoms with E-state index in [1.54, 1.807) is 0 Å². The minimum atomic E-state index is 0. The molecular formula is C18H39Cl3N4O. The molecular weight excluding hydrogens is 395 g/mol. The van der Waals surface area contributed by atoms with Gasteiger partial charge in [-0.1, -0.05) is 13.8 Å². The van der Waals surface area contributed by atoms with E-state index in [9.17, 15) is 4.79 Å². The van der Waals surface area contributed by atoms with Crippen LogP contribution < -0.4 is 10.6 Å². The Morgan fingerprint density at radius 2 is 1.65 bits per heavy atom. The molecule has 2 aliphatic heterocycles. The summed E-state index contributed by atoms with van der Waals surface area (Å²) < 4.78 is 0. The molecule has 0 saturated carbocycles. The fourth-order valence-electron chi connectivity index (χ4n) is 3.77. The largest absolute Gasteiger partial charge is 0.356 e. The predicted octanol–water partition coefficient (Wildman–Crippen LogP) is 2.28. The highest BCUT2D eigenvalue weighted by atomic mass is 35.5. The van der Waals surface area contributed by atoms with E-state index in [0.717, 1.165) is 52.4 Å². The Balaban J connectivity index is 0. The predicted molar refractivity (Wildman–Crippen MR) is 117 cm³/mol. The fraction of sp³-hybridized carbons (Fsp3) is 0.944. The lowest BCUT2D eigenvalue weighted by Crippen LogP contribution is -2.47. The van der Waals surface area contributed by atoms with Crippen LogP contribution in [0.15, 0.2) is 0 Å². The van der Waals surface area contributed by atoms with Gasteiger partial charge in [-0.15, -0.1) is 37.2 Å². The molecule has 2 unspecified atom stereocenters. The molecule has 1 amide bonds. The fourth-order valence-corrected chi connectivity index (χ4v) is 3.77. The van der Waals surface area contributed by atoms with E-state index < -0.39 is 0 Å². The molecule has 2 rings (SSSR count). The first-order chi connectivity index (χ1) is 11.0. The summed E-state index contributed by atoms with van der Waals surface area (Å²) in [4.78, 5) is 17.1. The van der Waals surface area contributed by atoms with Gasteiger partial charge in [0, 0.05) is 45.7 Å². The minimum Gasteiger partial charge on any atom is -0.356 e. The highest BCUT2D eigenvalue weighted by molar-refractivity contribution is 5.86. The van der Waals surface area contributed by atoms with Crippen LogP contribution in [0.4, 0.5) is 0 Å². The molecule has 0 aromatic rings. The van der Waals surface area contributed by atoms with Gasteiger partial charge in [-0.2, -0.15) is 0 Å². The molecule has 2 heterocycles. The number of hydrogen-bond acceptors (Lipinski definition) is 4. The van der Waals surface area contributed by atoms with Crippen molar-refractivity contribution in [3.63, 3.8) is 0 Å². The zero-order valence-electron chi connectivity index (χ0n) is 16.5. The molecule has 2 aliphatic rings. The normalized spacial score (nSPS) is 21.5. The van der Waals surface area contributed by atoms with Gasteiger partial charge >= 0.3 is 0 Å². The second-order valence-electron chi connectivity index (χ2n) is 7.78. The number of halogens is 3. The maximum Gasteiger partial charge on any atom is 0.220 e. The summed E-state index contributed by atoms with van der Waals surface area (Å²) in [6.07, 6.45) is 3.12. The van der Waals surface area contributed by atoms with Gasteiger partial charge in [0.05, 0.1) is 0 Å². The van der Waals surface area contributed by atoms with Crippen LogP contribution in [-0.2, 0) is 4.79 Å². The van der Waals surface area contributed by atoms with Gasteiger partial charge in [-0.3, -0.25) is 4.79 Å². The van der Waals surface area contributed by atoms with Crippen molar-refractivity contribution in [1.29, 1.82) is 0 Å². The van der Waals surface area contributed by atoms with Crippen LogP contribution >= 0.6 is 37.2 Å². The Hall–Kier alpha value is 0.220. The molecule has 0 aliphatic carbocycles. The second kappa shape index (κ2) is 15.2. The molecule has 8 heteroatoms. The molecule has 26 heavy (non-hydrogen) atoms. The van der Waals surface area contributed by atoms with Crippen LogP contribution in [0.2, 0.25) is 0 Å². The molecule has 0 radical (unpaired) electrons. The van der Waals surface area contributed by atoms with E-state index >= 15 is 0 Å². The van der Waals surface area contributed by atoms with Crippen molar-refractivity contribution in [2.75, 3.05) is 59.4 Å². The summed E-state index contributed by atoms with van der Waals surface area (Å²) in [7, 11) is 2.19. The number of nitrogens with one attached hydrogen (secondary N) is 2. The van der Waals surface area contributed by atoms with Gasteiger partial charge in [-0.25, -0.2) is 0 Å². The smallest absolute Gasteiger partial charge is 0.220 e. The lowest BCUT2D eigenvalue weighted by Gasteiger charge is -2.34. The standard InChI is InChI=1S/C18H36N4O.3ClH/c1-15(14-22-10-8-21(3)9-11-22)13-20-18(23)12-16(2)17-4-6-19-7-5-17;;;/h15-17,19H,4-14H2,1-3H3,(H,20,23);3*1H. The molecule has 0 aromatic carbocycles. The van der Waals surface area contributed by atoms with E-state index in [2.05, 4.69) is 41.3 Å². The number of likely N-dealkylation sites (N-methyl/N-ethyl adjacent to an activating group) is 1. The number of carbonyl (C=O) groups excluding carboxylic acids is 1. The van der Waals surface area contributed by atoms with Crippen LogP contribution in [0.25, 0.3) is 0 Å². The summed E-state index contributed by atoms with van der Waals surface area (Å²) in [5.74, 6) is 1.98. The van der Waals surface area contributed by atoms with Crippen LogP contribution in [0, 0.1) is 17.8 Å². The van der Waals surface area contributed by atoms with Gasteiger partial charge in [0.1, 0.15) is 0 Å². The second-order valence-corrected chi connectivity index (χ2v) is 7.78. The lowest BCUT2D eigenvalue weighted by molar-refractivity contribution is -0.122. The Kier molecular flexibility index (Phi) is 16.6. The van der Waals surface area contributed by atoms with E-state index in [0.29, 0.717) is 24.2 Å². The number of amides is 1. The Labute approximate surface area is 178 Å². The molecule has 5 nitrogen and oxygen atoms in total. The van der Waals surface area contributed by atoms with Crippen molar-refractivity contribution in [2.45, 2.75) is 33.1 Å². The zero-order chi connectivity index (χ0) is 16.7. The summed E-state index contributed by atoms with van der Waals surface area (Å²) >= 11 is 0. The first-order valence-corrected chi connectivity index (χ1v) is 9.43. The molecule has 2 atom stereocenters. The molecule has 2 fully saturated rings. The molecule has 158 valence electrons. The van der Waals surface area contributed by atoms with Gasteiger partial charge in [0.25, 0.3) is 0 Å². The number of nitrogens with zero attached hydrogens (tertiary/aromatic N) is 2. The molecule has 0 bridgehead atoms.